The van der Waals surface area contributed by atoms with Crippen molar-refractivity contribution in [3.05, 3.63) is 84.2 Å². The third kappa shape index (κ3) is 4.57. The fourth-order valence-corrected chi connectivity index (χ4v) is 2.31. The van der Waals surface area contributed by atoms with Gasteiger partial charge in [-0.1, -0.05) is 30.3 Å². The molecule has 0 aliphatic heterocycles. The number of hydrogen-bond donors (Lipinski definition) is 1. The summed E-state index contributed by atoms with van der Waals surface area (Å²) in [6.45, 7) is 0.376. The van der Waals surface area contributed by atoms with E-state index in [1.54, 1.807) is 17.9 Å². The maximum absolute atomic E-state index is 11.9. The van der Waals surface area contributed by atoms with Crippen LogP contribution >= 0.6 is 0 Å². The molecule has 0 radical (unpaired) electrons. The first-order chi connectivity index (χ1) is 12.2. The van der Waals surface area contributed by atoms with Crippen LogP contribution in [0.2, 0.25) is 0 Å². The Morgan fingerprint density at radius 1 is 1.12 bits per heavy atom. The Labute approximate surface area is 146 Å². The summed E-state index contributed by atoms with van der Waals surface area (Å²) in [5.41, 5.74) is 2.71. The molecular weight excluding hydrogens is 314 g/mol. The van der Waals surface area contributed by atoms with E-state index in [0.717, 1.165) is 22.7 Å². The lowest BCUT2D eigenvalue weighted by Gasteiger charge is -2.03. The van der Waals surface area contributed by atoms with Crippen LogP contribution in [0.15, 0.2) is 72.9 Å². The van der Waals surface area contributed by atoms with Crippen molar-refractivity contribution in [3.63, 3.8) is 0 Å². The molecule has 5 heteroatoms. The summed E-state index contributed by atoms with van der Waals surface area (Å²) < 4.78 is 6.91. The zero-order valence-electron chi connectivity index (χ0n) is 13.9. The van der Waals surface area contributed by atoms with E-state index >= 15 is 0 Å². The van der Waals surface area contributed by atoms with Crippen LogP contribution in [0.1, 0.15) is 11.3 Å². The minimum Gasteiger partial charge on any atom is -0.497 e. The van der Waals surface area contributed by atoms with Gasteiger partial charge in [0.25, 0.3) is 0 Å². The standard InChI is InChI=1S/C20H19N3O2/c1-25-19-10-8-18(9-11-19)23-14-13-17(22-23)15-21-20(24)12-7-16-5-3-2-4-6-16/h2-14H,15H2,1H3,(H,21,24)/b12-7+. The highest BCUT2D eigenvalue weighted by atomic mass is 16.5. The maximum Gasteiger partial charge on any atom is 0.244 e. The molecule has 1 amide bonds. The fraction of sp³-hybridized carbons (Fsp3) is 0.100. The normalized spacial score (nSPS) is 10.8. The molecule has 0 fully saturated rings. The first-order valence-corrected chi connectivity index (χ1v) is 7.94. The molecule has 0 aliphatic carbocycles. The summed E-state index contributed by atoms with van der Waals surface area (Å²) in [6.07, 6.45) is 5.17. The molecule has 0 bridgehead atoms. The number of methoxy groups -OCH3 is 1. The van der Waals surface area contributed by atoms with Crippen molar-refractivity contribution in [3.8, 4) is 11.4 Å². The molecule has 1 N–H and O–H groups in total. The molecule has 126 valence electrons. The van der Waals surface area contributed by atoms with Gasteiger partial charge in [0.15, 0.2) is 0 Å². The number of nitrogens with one attached hydrogen (secondary N) is 1. The summed E-state index contributed by atoms with van der Waals surface area (Å²) in [7, 11) is 1.63. The molecule has 3 rings (SSSR count). The monoisotopic (exact) mass is 333 g/mol. The smallest absolute Gasteiger partial charge is 0.244 e. The number of aromatic nitrogens is 2. The lowest BCUT2D eigenvalue weighted by molar-refractivity contribution is -0.116. The van der Waals surface area contributed by atoms with Crippen molar-refractivity contribution in [2.45, 2.75) is 6.54 Å². The highest BCUT2D eigenvalue weighted by molar-refractivity contribution is 5.91. The highest BCUT2D eigenvalue weighted by Gasteiger charge is 2.03. The molecule has 2 aromatic carbocycles. The van der Waals surface area contributed by atoms with Gasteiger partial charge in [0.2, 0.25) is 5.91 Å². The largest absolute Gasteiger partial charge is 0.497 e. The SMILES string of the molecule is COc1ccc(-n2ccc(CNC(=O)/C=C/c3ccccc3)n2)cc1. The molecule has 0 saturated carbocycles. The van der Waals surface area contributed by atoms with Gasteiger partial charge in [-0.25, -0.2) is 4.68 Å². The van der Waals surface area contributed by atoms with Gasteiger partial charge in [0.1, 0.15) is 5.75 Å². The van der Waals surface area contributed by atoms with E-state index < -0.39 is 0 Å². The molecule has 5 nitrogen and oxygen atoms in total. The summed E-state index contributed by atoms with van der Waals surface area (Å²) in [4.78, 5) is 11.9. The zero-order valence-corrected chi connectivity index (χ0v) is 13.9. The quantitative estimate of drug-likeness (QED) is 0.705. The Bertz CT molecular complexity index is 852. The van der Waals surface area contributed by atoms with Gasteiger partial charge in [-0.3, -0.25) is 4.79 Å². The van der Waals surface area contributed by atoms with Gasteiger partial charge in [0, 0.05) is 12.3 Å². The Hall–Kier alpha value is -3.34. The van der Waals surface area contributed by atoms with Gasteiger partial charge < -0.3 is 10.1 Å². The lowest BCUT2D eigenvalue weighted by atomic mass is 10.2. The van der Waals surface area contributed by atoms with Crippen LogP contribution in [0.4, 0.5) is 0 Å². The van der Waals surface area contributed by atoms with Crippen LogP contribution in [0, 0.1) is 0 Å². The number of rotatable bonds is 6. The molecule has 0 unspecified atom stereocenters. The van der Waals surface area contributed by atoms with Crippen LogP contribution in [0.25, 0.3) is 11.8 Å². The van der Waals surface area contributed by atoms with Crippen LogP contribution in [-0.2, 0) is 11.3 Å². The van der Waals surface area contributed by atoms with Gasteiger partial charge in [-0.2, -0.15) is 5.10 Å². The highest BCUT2D eigenvalue weighted by Crippen LogP contribution is 2.14. The molecule has 0 saturated heterocycles. The Balaban J connectivity index is 1.56. The molecule has 25 heavy (non-hydrogen) atoms. The zero-order chi connectivity index (χ0) is 17.5. The van der Waals surface area contributed by atoms with Crippen molar-refractivity contribution >= 4 is 12.0 Å². The van der Waals surface area contributed by atoms with Crippen LogP contribution in [-0.4, -0.2) is 22.8 Å². The van der Waals surface area contributed by atoms with E-state index in [9.17, 15) is 4.79 Å². The second-order valence-electron chi connectivity index (χ2n) is 5.41. The third-order valence-corrected chi connectivity index (χ3v) is 3.65. The molecule has 0 atom stereocenters. The van der Waals surface area contributed by atoms with Crippen molar-refractivity contribution in [1.82, 2.24) is 15.1 Å². The van der Waals surface area contributed by atoms with E-state index in [0.29, 0.717) is 6.54 Å². The summed E-state index contributed by atoms with van der Waals surface area (Å²) in [5.74, 6) is 0.649. The molecule has 0 spiro atoms. The Kier molecular flexibility index (Phi) is 5.26. The van der Waals surface area contributed by atoms with E-state index in [2.05, 4.69) is 10.4 Å². The van der Waals surface area contributed by atoms with Gasteiger partial charge in [-0.05, 0) is 42.0 Å². The van der Waals surface area contributed by atoms with Crippen molar-refractivity contribution in [1.29, 1.82) is 0 Å². The average Bonchev–Trinajstić information content (AvgIpc) is 3.14. The summed E-state index contributed by atoms with van der Waals surface area (Å²) >= 11 is 0. The minimum absolute atomic E-state index is 0.150. The van der Waals surface area contributed by atoms with Crippen molar-refractivity contribution in [2.24, 2.45) is 0 Å². The second-order valence-corrected chi connectivity index (χ2v) is 5.41. The van der Waals surface area contributed by atoms with E-state index in [1.165, 1.54) is 6.08 Å². The van der Waals surface area contributed by atoms with Gasteiger partial charge >= 0.3 is 0 Å². The molecule has 1 aromatic heterocycles. The second kappa shape index (κ2) is 7.97. The summed E-state index contributed by atoms with van der Waals surface area (Å²) in [6, 6.07) is 19.2. The number of nitrogens with zero attached hydrogens (tertiary/aromatic N) is 2. The first kappa shape index (κ1) is 16.5. The Morgan fingerprint density at radius 2 is 1.88 bits per heavy atom. The minimum atomic E-state index is -0.150. The van der Waals surface area contributed by atoms with Gasteiger partial charge in [0.05, 0.1) is 25.0 Å². The number of carbonyl (C=O) groups excluding carboxylic acids is 1. The number of benzene rings is 2. The Morgan fingerprint density at radius 3 is 2.60 bits per heavy atom. The van der Waals surface area contributed by atoms with E-state index in [4.69, 9.17) is 4.74 Å². The van der Waals surface area contributed by atoms with Crippen molar-refractivity contribution < 1.29 is 9.53 Å². The van der Waals surface area contributed by atoms with E-state index in [-0.39, 0.29) is 5.91 Å². The lowest BCUT2D eigenvalue weighted by Crippen LogP contribution is -2.20. The topological polar surface area (TPSA) is 56.1 Å². The maximum atomic E-state index is 11.9. The van der Waals surface area contributed by atoms with E-state index in [1.807, 2.05) is 66.9 Å². The average molecular weight is 333 g/mol. The molecular formula is C20H19N3O2. The predicted molar refractivity (Wildman–Crippen MR) is 97.4 cm³/mol. The van der Waals surface area contributed by atoms with Gasteiger partial charge in [-0.15, -0.1) is 0 Å². The fourth-order valence-electron chi connectivity index (χ4n) is 2.31. The van der Waals surface area contributed by atoms with Crippen LogP contribution in [0.3, 0.4) is 0 Å². The van der Waals surface area contributed by atoms with Crippen LogP contribution in [0.5, 0.6) is 5.75 Å². The predicted octanol–water partition coefficient (Wildman–Crippen LogP) is 3.21. The summed E-state index contributed by atoms with van der Waals surface area (Å²) in [5, 5.41) is 7.29. The van der Waals surface area contributed by atoms with Crippen molar-refractivity contribution in [2.75, 3.05) is 7.11 Å². The molecule has 3 aromatic rings. The molecule has 0 aliphatic rings. The number of ether oxygens (including phenoxy) is 1. The molecule has 1 heterocycles. The number of amides is 1. The number of hydrogen-bond acceptors (Lipinski definition) is 3. The first-order valence-electron chi connectivity index (χ1n) is 7.94. The van der Waals surface area contributed by atoms with Crippen LogP contribution < -0.4 is 10.1 Å². The number of carbonyl (C=O) groups is 1. The third-order valence-electron chi connectivity index (χ3n) is 3.65.